The number of hydrogen-bond donors (Lipinski definition) is 1. The molecule has 1 atom stereocenters. The Kier molecular flexibility index (Phi) is 4.79. The molecule has 3 aromatic rings. The molecule has 0 bridgehead atoms. The van der Waals surface area contributed by atoms with E-state index in [2.05, 4.69) is 10.1 Å². The van der Waals surface area contributed by atoms with Crippen molar-refractivity contribution in [2.75, 3.05) is 0 Å². The standard InChI is InChI=1S/C21H20N4O3S/c1-12-16(13(2)24(3)23-12)19(26)17-18(15-7-5-9-29-15)25(21(28)20(17)27)11-14-6-4-8-22-10-14/h4-10,18,26H,11H2,1-3H3/t18-/m1/s1. The third-order valence-corrected chi connectivity index (χ3v) is 6.10. The van der Waals surface area contributed by atoms with Crippen molar-refractivity contribution in [3.8, 4) is 0 Å². The first-order valence-corrected chi connectivity index (χ1v) is 9.99. The van der Waals surface area contributed by atoms with Gasteiger partial charge in [0.25, 0.3) is 11.7 Å². The Bertz CT molecular complexity index is 1120. The summed E-state index contributed by atoms with van der Waals surface area (Å²) < 4.78 is 1.65. The van der Waals surface area contributed by atoms with Gasteiger partial charge >= 0.3 is 0 Å². The summed E-state index contributed by atoms with van der Waals surface area (Å²) in [4.78, 5) is 32.3. The number of carbonyl (C=O) groups is 2. The van der Waals surface area contributed by atoms with Crippen molar-refractivity contribution in [1.29, 1.82) is 0 Å². The first-order valence-electron chi connectivity index (χ1n) is 9.11. The highest BCUT2D eigenvalue weighted by atomic mass is 32.1. The Balaban J connectivity index is 1.88. The van der Waals surface area contributed by atoms with Crippen LogP contribution < -0.4 is 0 Å². The molecular formula is C21H20N4O3S. The fraction of sp³-hybridized carbons (Fsp3) is 0.238. The van der Waals surface area contributed by atoms with Gasteiger partial charge in [0.1, 0.15) is 5.76 Å². The predicted octanol–water partition coefficient (Wildman–Crippen LogP) is 3.12. The number of nitrogens with zero attached hydrogens (tertiary/aromatic N) is 4. The molecule has 7 nitrogen and oxygen atoms in total. The van der Waals surface area contributed by atoms with E-state index in [9.17, 15) is 14.7 Å². The van der Waals surface area contributed by atoms with E-state index in [0.29, 0.717) is 11.3 Å². The van der Waals surface area contributed by atoms with Crippen LogP contribution in [0.4, 0.5) is 0 Å². The Morgan fingerprint density at radius 2 is 2.03 bits per heavy atom. The van der Waals surface area contributed by atoms with Gasteiger partial charge in [-0.05, 0) is 36.9 Å². The van der Waals surface area contributed by atoms with Crippen molar-refractivity contribution in [2.45, 2.75) is 26.4 Å². The molecule has 29 heavy (non-hydrogen) atoms. The normalized spacial score (nSPS) is 18.6. The fourth-order valence-electron chi connectivity index (χ4n) is 3.73. The van der Waals surface area contributed by atoms with Gasteiger partial charge in [0.15, 0.2) is 0 Å². The van der Waals surface area contributed by atoms with Crippen molar-refractivity contribution in [1.82, 2.24) is 19.7 Å². The highest BCUT2D eigenvalue weighted by Crippen LogP contribution is 2.42. The average molecular weight is 408 g/mol. The summed E-state index contributed by atoms with van der Waals surface area (Å²) in [6.45, 7) is 3.82. The van der Waals surface area contributed by atoms with Crippen LogP contribution in [0.5, 0.6) is 0 Å². The van der Waals surface area contributed by atoms with E-state index in [1.54, 1.807) is 37.1 Å². The van der Waals surface area contributed by atoms with Crippen LogP contribution >= 0.6 is 11.3 Å². The first-order chi connectivity index (χ1) is 13.9. The minimum absolute atomic E-state index is 0.0977. The molecule has 1 saturated heterocycles. The Hall–Kier alpha value is -3.26. The molecule has 0 aliphatic carbocycles. The lowest BCUT2D eigenvalue weighted by atomic mass is 9.99. The van der Waals surface area contributed by atoms with Crippen molar-refractivity contribution in [3.05, 3.63) is 75.0 Å². The van der Waals surface area contributed by atoms with E-state index in [4.69, 9.17) is 0 Å². The van der Waals surface area contributed by atoms with Crippen LogP contribution in [0.1, 0.15) is 33.4 Å². The molecule has 148 valence electrons. The van der Waals surface area contributed by atoms with E-state index in [0.717, 1.165) is 16.1 Å². The number of carbonyl (C=O) groups excluding carboxylic acids is 2. The van der Waals surface area contributed by atoms with Gasteiger partial charge in [0.05, 0.1) is 22.9 Å². The molecule has 3 aromatic heterocycles. The second-order valence-corrected chi connectivity index (χ2v) is 7.95. The smallest absolute Gasteiger partial charge is 0.295 e. The lowest BCUT2D eigenvalue weighted by Crippen LogP contribution is -2.28. The molecule has 4 rings (SSSR count). The predicted molar refractivity (Wildman–Crippen MR) is 109 cm³/mol. The van der Waals surface area contributed by atoms with Gasteiger partial charge in [0, 0.05) is 36.6 Å². The van der Waals surface area contributed by atoms with E-state index >= 15 is 0 Å². The number of likely N-dealkylation sites (tertiary alicyclic amines) is 1. The zero-order valence-electron chi connectivity index (χ0n) is 16.3. The molecule has 1 amide bonds. The van der Waals surface area contributed by atoms with E-state index in [-0.39, 0.29) is 17.9 Å². The van der Waals surface area contributed by atoms with Crippen LogP contribution in [0, 0.1) is 13.8 Å². The third-order valence-electron chi connectivity index (χ3n) is 5.17. The van der Waals surface area contributed by atoms with E-state index in [1.807, 2.05) is 30.5 Å². The highest BCUT2D eigenvalue weighted by molar-refractivity contribution is 7.10. The van der Waals surface area contributed by atoms with Crippen LogP contribution in [0.3, 0.4) is 0 Å². The average Bonchev–Trinajstić information content (AvgIpc) is 3.37. The number of ketones is 1. The number of pyridine rings is 1. The van der Waals surface area contributed by atoms with Gasteiger partial charge in [-0.1, -0.05) is 12.1 Å². The molecule has 0 spiro atoms. The molecule has 0 saturated carbocycles. The van der Waals surface area contributed by atoms with Gasteiger partial charge in [-0.25, -0.2) is 0 Å². The molecule has 0 aromatic carbocycles. The number of thiophene rings is 1. The van der Waals surface area contributed by atoms with Crippen LogP contribution in [0.15, 0.2) is 47.6 Å². The Morgan fingerprint density at radius 3 is 2.62 bits per heavy atom. The molecule has 1 aliphatic heterocycles. The zero-order chi connectivity index (χ0) is 20.7. The maximum absolute atomic E-state index is 13.0. The van der Waals surface area contributed by atoms with Crippen molar-refractivity contribution in [3.63, 3.8) is 0 Å². The van der Waals surface area contributed by atoms with E-state index < -0.39 is 17.7 Å². The number of aromatic nitrogens is 3. The highest BCUT2D eigenvalue weighted by Gasteiger charge is 2.47. The Morgan fingerprint density at radius 1 is 1.24 bits per heavy atom. The Labute approximate surface area is 171 Å². The largest absolute Gasteiger partial charge is 0.507 e. The maximum atomic E-state index is 13.0. The molecule has 0 unspecified atom stereocenters. The van der Waals surface area contributed by atoms with Crippen molar-refractivity contribution >= 4 is 28.8 Å². The van der Waals surface area contributed by atoms with E-state index in [1.165, 1.54) is 16.2 Å². The van der Waals surface area contributed by atoms with Gasteiger partial charge in [0.2, 0.25) is 0 Å². The number of amides is 1. The second kappa shape index (κ2) is 7.29. The van der Waals surface area contributed by atoms with Gasteiger partial charge in [-0.15, -0.1) is 11.3 Å². The second-order valence-electron chi connectivity index (χ2n) is 6.97. The van der Waals surface area contributed by atoms with Crippen molar-refractivity contribution < 1.29 is 14.7 Å². The number of Topliss-reactive ketones (excluding diaryl/α,β-unsaturated/α-hetero) is 1. The molecule has 0 radical (unpaired) electrons. The lowest BCUT2D eigenvalue weighted by molar-refractivity contribution is -0.140. The topological polar surface area (TPSA) is 88.3 Å². The summed E-state index contributed by atoms with van der Waals surface area (Å²) in [6, 6.07) is 6.72. The van der Waals surface area contributed by atoms with Gasteiger partial charge in [-0.2, -0.15) is 5.10 Å². The zero-order valence-corrected chi connectivity index (χ0v) is 17.1. The number of hydrogen-bond acceptors (Lipinski definition) is 6. The number of rotatable bonds is 4. The third kappa shape index (κ3) is 3.15. The first kappa shape index (κ1) is 19.1. The fourth-order valence-corrected chi connectivity index (χ4v) is 4.57. The number of aliphatic hydroxyl groups is 1. The molecule has 1 fully saturated rings. The van der Waals surface area contributed by atoms with Crippen LogP contribution in [0.25, 0.3) is 5.76 Å². The van der Waals surface area contributed by atoms with Crippen LogP contribution in [0.2, 0.25) is 0 Å². The summed E-state index contributed by atoms with van der Waals surface area (Å²) in [5.74, 6) is -1.50. The van der Waals surface area contributed by atoms with Crippen molar-refractivity contribution in [2.24, 2.45) is 7.05 Å². The lowest BCUT2D eigenvalue weighted by Gasteiger charge is -2.24. The van der Waals surface area contributed by atoms with Gasteiger partial charge < -0.3 is 10.0 Å². The van der Waals surface area contributed by atoms with Crippen LogP contribution in [-0.2, 0) is 23.2 Å². The number of aryl methyl sites for hydroxylation is 2. The minimum Gasteiger partial charge on any atom is -0.507 e. The summed E-state index contributed by atoms with van der Waals surface area (Å²) >= 11 is 1.44. The molecule has 1 N–H and O–H groups in total. The maximum Gasteiger partial charge on any atom is 0.295 e. The number of aliphatic hydroxyl groups excluding tert-OH is 1. The van der Waals surface area contributed by atoms with Gasteiger partial charge in [-0.3, -0.25) is 19.3 Å². The summed E-state index contributed by atoms with van der Waals surface area (Å²) in [5.41, 5.74) is 2.73. The molecule has 8 heteroatoms. The summed E-state index contributed by atoms with van der Waals surface area (Å²) in [5, 5.41) is 17.4. The quantitative estimate of drug-likeness (QED) is 0.407. The monoisotopic (exact) mass is 408 g/mol. The van der Waals surface area contributed by atoms with Crippen LogP contribution in [-0.4, -0.2) is 36.5 Å². The molecular weight excluding hydrogens is 388 g/mol. The summed E-state index contributed by atoms with van der Waals surface area (Å²) in [6.07, 6.45) is 3.32. The minimum atomic E-state index is -0.688. The SMILES string of the molecule is Cc1nn(C)c(C)c1C(O)=C1C(=O)C(=O)N(Cc2cccnc2)[C@@H]1c1cccs1. The molecule has 4 heterocycles. The molecule has 1 aliphatic rings. The summed E-state index contributed by atoms with van der Waals surface area (Å²) in [7, 11) is 1.77.